The van der Waals surface area contributed by atoms with Gasteiger partial charge in [0.25, 0.3) is 0 Å². The number of likely N-dealkylation sites (N-methyl/N-ethyl adjacent to an activating group) is 4. The molecule has 22 nitrogen and oxygen atoms in total. The molecule has 0 bridgehead atoms. The van der Waals surface area contributed by atoms with Crippen molar-refractivity contribution in [3.05, 3.63) is 0 Å². The summed E-state index contributed by atoms with van der Waals surface area (Å²) in [4.78, 5) is 151. The number of rotatable bonds is 10. The lowest BCUT2D eigenvalue weighted by Gasteiger charge is -2.37. The monoisotopic (exact) mass is 1050 g/mol. The summed E-state index contributed by atoms with van der Waals surface area (Å²) in [7, 11) is 5.44. The van der Waals surface area contributed by atoms with Crippen molar-refractivity contribution in [1.82, 2.24) is 50.7 Å². The van der Waals surface area contributed by atoms with E-state index in [1.54, 1.807) is 0 Å². The van der Waals surface area contributed by atoms with Gasteiger partial charge in [0.2, 0.25) is 59.1 Å². The van der Waals surface area contributed by atoms with Crippen molar-refractivity contribution >= 4 is 59.1 Å². The van der Waals surface area contributed by atoms with E-state index in [9.17, 15) is 58.2 Å². The third-order valence-corrected chi connectivity index (χ3v) is 14.5. The van der Waals surface area contributed by atoms with E-state index in [0.29, 0.717) is 12.8 Å². The van der Waals surface area contributed by atoms with Gasteiger partial charge in [0.1, 0.15) is 60.4 Å². The maximum atomic E-state index is 14.6. The van der Waals surface area contributed by atoms with Crippen LogP contribution in [0.1, 0.15) is 134 Å². The minimum Gasteiger partial charge on any atom is -0.391 e. The number of nitrogens with zero attached hydrogens (tertiary/aromatic N) is 6. The molecule has 0 spiro atoms. The summed E-state index contributed by atoms with van der Waals surface area (Å²) in [6.07, 6.45) is -1.12. The van der Waals surface area contributed by atoms with E-state index in [-0.39, 0.29) is 75.3 Å². The van der Waals surface area contributed by atoms with Crippen molar-refractivity contribution in [2.24, 2.45) is 23.7 Å². The van der Waals surface area contributed by atoms with Crippen molar-refractivity contribution in [3.63, 3.8) is 0 Å². The SMILES string of the molecule is CC(C)C[C@@H]1NC(=O)[C@H](C)N(C)C(=O)[C@H]2CCCN2C(=O)[C@H](CC(C)C)NC(=O)[C@H]([C@@H](C)O)N(C)C(=O)[C@H](CC(C)C)NC(=O)[C@H](C)N(C)C(=O)[C@H]2CCCN2C(=O)[C@H](CC(C)C)NC(=O)[C@H]([C@@H](C)O)N(C)C1=O. The molecule has 420 valence electrons. The molecule has 10 amide bonds. The van der Waals surface area contributed by atoms with Gasteiger partial charge >= 0.3 is 0 Å². The zero-order chi connectivity index (χ0) is 56.4. The zero-order valence-electron chi connectivity index (χ0n) is 47.0. The molecule has 3 saturated heterocycles. The van der Waals surface area contributed by atoms with Crippen LogP contribution in [0.5, 0.6) is 0 Å². The number of nitrogens with one attached hydrogen (secondary N) is 4. The van der Waals surface area contributed by atoms with Crippen molar-refractivity contribution in [2.45, 2.75) is 207 Å². The summed E-state index contributed by atoms with van der Waals surface area (Å²) in [5.41, 5.74) is 0. The highest BCUT2D eigenvalue weighted by Gasteiger charge is 2.46. The second-order valence-corrected chi connectivity index (χ2v) is 22.7. The van der Waals surface area contributed by atoms with E-state index in [1.807, 2.05) is 55.4 Å². The summed E-state index contributed by atoms with van der Waals surface area (Å²) in [6, 6.07) is -12.4. The molecule has 0 aromatic carbocycles. The summed E-state index contributed by atoms with van der Waals surface area (Å²) >= 11 is 0. The topological polar surface area (TPSA) is 279 Å². The molecule has 3 aliphatic heterocycles. The molecule has 3 aliphatic rings. The summed E-state index contributed by atoms with van der Waals surface area (Å²) < 4.78 is 0. The number of aliphatic hydroxyl groups is 2. The first kappa shape index (κ1) is 62.9. The molecule has 3 heterocycles. The van der Waals surface area contributed by atoms with E-state index in [1.165, 1.54) is 75.5 Å². The van der Waals surface area contributed by atoms with Crippen molar-refractivity contribution < 1.29 is 58.2 Å². The van der Waals surface area contributed by atoms with Crippen LogP contribution in [-0.4, -0.2) is 213 Å². The Hall–Kier alpha value is -5.38. The fraction of sp³-hybridized carbons (Fsp3) is 0.808. The van der Waals surface area contributed by atoms with Crippen LogP contribution in [0.25, 0.3) is 0 Å². The molecule has 3 fully saturated rings. The largest absolute Gasteiger partial charge is 0.391 e. The number of amides is 10. The van der Waals surface area contributed by atoms with E-state index in [4.69, 9.17) is 0 Å². The molecule has 0 unspecified atom stereocenters. The van der Waals surface area contributed by atoms with Crippen molar-refractivity contribution in [1.29, 1.82) is 0 Å². The van der Waals surface area contributed by atoms with Crippen LogP contribution in [0.15, 0.2) is 0 Å². The van der Waals surface area contributed by atoms with Gasteiger partial charge in [-0.3, -0.25) is 47.9 Å². The van der Waals surface area contributed by atoms with Crippen LogP contribution in [-0.2, 0) is 47.9 Å². The normalized spacial score (nSPS) is 29.8. The second kappa shape index (κ2) is 27.4. The quantitative estimate of drug-likeness (QED) is 0.172. The van der Waals surface area contributed by atoms with Crippen LogP contribution in [0, 0.1) is 23.7 Å². The molecule has 12 atom stereocenters. The summed E-state index contributed by atoms with van der Waals surface area (Å²) in [6.45, 7) is 20.6. The molecular weight excluding hydrogens is 957 g/mol. The highest BCUT2D eigenvalue weighted by atomic mass is 16.3. The maximum Gasteiger partial charge on any atom is 0.246 e. The van der Waals surface area contributed by atoms with Crippen LogP contribution in [0.4, 0.5) is 0 Å². The fourth-order valence-corrected chi connectivity index (χ4v) is 10.3. The molecule has 0 aromatic rings. The fourth-order valence-electron chi connectivity index (χ4n) is 10.3. The van der Waals surface area contributed by atoms with Crippen LogP contribution in [0.2, 0.25) is 0 Å². The summed E-state index contributed by atoms with van der Waals surface area (Å²) in [5, 5.41) is 33.3. The van der Waals surface area contributed by atoms with Gasteiger partial charge in [0, 0.05) is 41.3 Å². The Morgan fingerprint density at radius 1 is 0.405 bits per heavy atom. The predicted molar refractivity (Wildman–Crippen MR) is 276 cm³/mol. The van der Waals surface area contributed by atoms with E-state index >= 15 is 0 Å². The molecular formula is C52H90N10O12. The van der Waals surface area contributed by atoms with Crippen molar-refractivity contribution in [2.75, 3.05) is 41.3 Å². The lowest BCUT2D eigenvalue weighted by Crippen LogP contribution is -2.63. The molecule has 74 heavy (non-hydrogen) atoms. The molecule has 0 aliphatic carbocycles. The van der Waals surface area contributed by atoms with E-state index in [0.717, 1.165) is 9.80 Å². The predicted octanol–water partition coefficient (Wildman–Crippen LogP) is 0.215. The van der Waals surface area contributed by atoms with Crippen LogP contribution in [0.3, 0.4) is 0 Å². The first-order chi connectivity index (χ1) is 34.3. The van der Waals surface area contributed by atoms with Gasteiger partial charge in [-0.25, -0.2) is 0 Å². The van der Waals surface area contributed by atoms with Gasteiger partial charge in [-0.05, 0) is 103 Å². The number of fused-ring (bicyclic) bond motifs is 2. The second-order valence-electron chi connectivity index (χ2n) is 22.7. The zero-order valence-corrected chi connectivity index (χ0v) is 47.0. The van der Waals surface area contributed by atoms with E-state index < -0.39 is 132 Å². The van der Waals surface area contributed by atoms with Gasteiger partial charge in [0.05, 0.1) is 12.2 Å². The minimum atomic E-state index is -1.54. The van der Waals surface area contributed by atoms with E-state index in [2.05, 4.69) is 21.3 Å². The summed E-state index contributed by atoms with van der Waals surface area (Å²) in [5.74, 6) is -7.47. The Labute approximate surface area is 438 Å². The van der Waals surface area contributed by atoms with Gasteiger partial charge in [-0.1, -0.05) is 55.4 Å². The molecule has 3 rings (SSSR count). The first-order valence-electron chi connectivity index (χ1n) is 26.6. The highest BCUT2D eigenvalue weighted by Crippen LogP contribution is 2.26. The lowest BCUT2D eigenvalue weighted by atomic mass is 9.99. The van der Waals surface area contributed by atoms with Gasteiger partial charge in [-0.15, -0.1) is 0 Å². The number of hydrogen-bond acceptors (Lipinski definition) is 12. The average Bonchev–Trinajstić information content (AvgIpc) is 4.01. The minimum absolute atomic E-state index is 0.104. The van der Waals surface area contributed by atoms with Crippen molar-refractivity contribution in [3.8, 4) is 0 Å². The van der Waals surface area contributed by atoms with Gasteiger partial charge in [-0.2, -0.15) is 0 Å². The van der Waals surface area contributed by atoms with Gasteiger partial charge < -0.3 is 60.9 Å². The van der Waals surface area contributed by atoms with Crippen LogP contribution >= 0.6 is 0 Å². The smallest absolute Gasteiger partial charge is 0.246 e. The maximum absolute atomic E-state index is 14.6. The molecule has 22 heteroatoms. The Morgan fingerprint density at radius 2 is 0.662 bits per heavy atom. The third-order valence-electron chi connectivity index (χ3n) is 14.5. The first-order valence-corrected chi connectivity index (χ1v) is 26.6. The Balaban J connectivity index is 2.20. The van der Waals surface area contributed by atoms with Gasteiger partial charge in [0.15, 0.2) is 0 Å². The standard InChI is InChI=1S/C52H90N10O12/c1-27(2)23-35-47(69)59(15)41(33(11)63)45(67)55-37(25-29(5)6)49(71)62-22-18-20-40(62)52(74)58(14)32(10)44(66)54-36(24-28(3)4)48(70)60(16)42(34(12)64)46(68)56-38(26-30(7)8)50(72)61-21-17-19-39(61)51(73)57(13)31(9)43(65)53-35/h27-42,63-64H,17-26H2,1-16H3,(H,53,65)(H,54,66)(H,55,67)(H,56,68)/t31-,32-,33+,34+,35-,36-,37-,38-,39+,40+,41-,42-/m0/s1. The number of aliphatic hydroxyl groups excluding tert-OH is 2. The number of hydrogen-bond donors (Lipinski definition) is 6. The number of carbonyl (C=O) groups excluding carboxylic acids is 10. The molecule has 6 N–H and O–H groups in total. The van der Waals surface area contributed by atoms with Crippen LogP contribution < -0.4 is 21.3 Å². The highest BCUT2D eigenvalue weighted by molar-refractivity contribution is 6.00. The Morgan fingerprint density at radius 3 is 0.919 bits per heavy atom. The Kier molecular flexibility index (Phi) is 23.3. The average molecular weight is 1050 g/mol. The molecule has 0 radical (unpaired) electrons. The third kappa shape index (κ3) is 15.8. The molecule has 0 saturated carbocycles. The Bertz CT molecular complexity index is 1890. The molecule has 0 aromatic heterocycles. The number of carbonyl (C=O) groups is 10. The lowest BCUT2D eigenvalue weighted by molar-refractivity contribution is -0.151.